The van der Waals surface area contributed by atoms with Crippen LogP contribution >= 0.6 is 0 Å². The summed E-state index contributed by atoms with van der Waals surface area (Å²) in [5.41, 5.74) is 1.95. The van der Waals surface area contributed by atoms with Crippen LogP contribution in [0, 0.1) is 0 Å². The molecule has 0 fully saturated rings. The molecule has 0 saturated heterocycles. The zero-order valence-corrected chi connectivity index (χ0v) is 14.9. The van der Waals surface area contributed by atoms with E-state index in [1.165, 1.54) is 25.6 Å². The molecule has 0 saturated carbocycles. The lowest BCUT2D eigenvalue weighted by molar-refractivity contribution is 0.0600. The molecule has 1 N–H and O–H groups in total. The number of rotatable bonds is 5. The fourth-order valence-corrected chi connectivity index (χ4v) is 2.43. The van der Waals surface area contributed by atoms with Gasteiger partial charge in [-0.3, -0.25) is 4.79 Å². The molecule has 0 aliphatic carbocycles. The van der Waals surface area contributed by atoms with Crippen LogP contribution < -0.4 is 10.2 Å². The zero-order valence-electron chi connectivity index (χ0n) is 14.9. The minimum absolute atomic E-state index is 0.170. The maximum atomic E-state index is 12.4. The van der Waals surface area contributed by atoms with Gasteiger partial charge in [-0.1, -0.05) is 24.3 Å². The van der Waals surface area contributed by atoms with Gasteiger partial charge in [0.25, 0.3) is 5.91 Å². The van der Waals surface area contributed by atoms with Crippen LogP contribution in [0.1, 0.15) is 20.8 Å². The number of hydrogen-bond acceptors (Lipinski definition) is 6. The SMILES string of the molecule is COC(=O)c1cccc(NC(=O)c2cnc(N(C)c3ccccc3)cn2)c1. The number of nitrogens with zero attached hydrogens (tertiary/aromatic N) is 3. The Bertz CT molecular complexity index is 943. The highest BCUT2D eigenvalue weighted by molar-refractivity contribution is 6.03. The van der Waals surface area contributed by atoms with Crippen molar-refractivity contribution in [2.45, 2.75) is 0 Å². The van der Waals surface area contributed by atoms with Crippen LogP contribution in [-0.2, 0) is 4.74 Å². The lowest BCUT2D eigenvalue weighted by Gasteiger charge is -2.17. The molecule has 0 radical (unpaired) electrons. The first kappa shape index (κ1) is 18.1. The van der Waals surface area contributed by atoms with Gasteiger partial charge in [-0.25, -0.2) is 14.8 Å². The number of amides is 1. The van der Waals surface area contributed by atoms with Crippen molar-refractivity contribution in [3.05, 3.63) is 78.2 Å². The number of nitrogens with one attached hydrogen (secondary N) is 1. The summed E-state index contributed by atoms with van der Waals surface area (Å²) >= 11 is 0. The minimum atomic E-state index is -0.473. The van der Waals surface area contributed by atoms with E-state index < -0.39 is 11.9 Å². The Morgan fingerprint density at radius 3 is 2.44 bits per heavy atom. The second-order valence-corrected chi connectivity index (χ2v) is 5.68. The predicted octanol–water partition coefficient (Wildman–Crippen LogP) is 3.28. The summed E-state index contributed by atoms with van der Waals surface area (Å²) in [7, 11) is 3.18. The smallest absolute Gasteiger partial charge is 0.337 e. The molecule has 1 amide bonds. The number of para-hydroxylation sites is 1. The molecule has 7 heteroatoms. The molecule has 0 aliphatic heterocycles. The molecule has 136 valence electrons. The Balaban J connectivity index is 1.72. The van der Waals surface area contributed by atoms with Crippen molar-refractivity contribution >= 4 is 29.1 Å². The third-order valence-corrected chi connectivity index (χ3v) is 3.90. The first-order valence-electron chi connectivity index (χ1n) is 8.19. The number of hydrogen-bond donors (Lipinski definition) is 1. The van der Waals surface area contributed by atoms with Crippen molar-refractivity contribution in [2.75, 3.05) is 24.4 Å². The molecule has 3 rings (SSSR count). The zero-order chi connectivity index (χ0) is 19.2. The van der Waals surface area contributed by atoms with Crippen molar-refractivity contribution < 1.29 is 14.3 Å². The van der Waals surface area contributed by atoms with Crippen LogP contribution in [0.2, 0.25) is 0 Å². The van der Waals surface area contributed by atoms with Gasteiger partial charge in [0.05, 0.1) is 25.1 Å². The average molecular weight is 362 g/mol. The quantitative estimate of drug-likeness (QED) is 0.701. The summed E-state index contributed by atoms with van der Waals surface area (Å²) in [4.78, 5) is 34.3. The van der Waals surface area contributed by atoms with E-state index in [0.717, 1.165) is 5.69 Å². The van der Waals surface area contributed by atoms with E-state index in [1.54, 1.807) is 18.2 Å². The van der Waals surface area contributed by atoms with Gasteiger partial charge >= 0.3 is 5.97 Å². The topological polar surface area (TPSA) is 84.4 Å². The van der Waals surface area contributed by atoms with Gasteiger partial charge in [0.1, 0.15) is 5.69 Å². The molecule has 3 aromatic rings. The van der Waals surface area contributed by atoms with Gasteiger partial charge in [0, 0.05) is 18.4 Å². The Kier molecular flexibility index (Phi) is 5.41. The van der Waals surface area contributed by atoms with Crippen LogP contribution in [0.4, 0.5) is 17.2 Å². The highest BCUT2D eigenvalue weighted by Gasteiger charge is 2.12. The first-order valence-corrected chi connectivity index (χ1v) is 8.19. The maximum Gasteiger partial charge on any atom is 0.337 e. The number of methoxy groups -OCH3 is 1. The van der Waals surface area contributed by atoms with Gasteiger partial charge in [-0.2, -0.15) is 0 Å². The maximum absolute atomic E-state index is 12.4. The van der Waals surface area contributed by atoms with Crippen molar-refractivity contribution in [1.82, 2.24) is 9.97 Å². The first-order chi connectivity index (χ1) is 13.1. The second kappa shape index (κ2) is 8.09. The van der Waals surface area contributed by atoms with E-state index in [2.05, 4.69) is 20.0 Å². The largest absolute Gasteiger partial charge is 0.465 e. The van der Waals surface area contributed by atoms with Crippen LogP contribution in [0.3, 0.4) is 0 Å². The van der Waals surface area contributed by atoms with Gasteiger partial charge in [0.2, 0.25) is 0 Å². The molecule has 27 heavy (non-hydrogen) atoms. The third-order valence-electron chi connectivity index (χ3n) is 3.90. The average Bonchev–Trinajstić information content (AvgIpc) is 2.73. The van der Waals surface area contributed by atoms with E-state index >= 15 is 0 Å². The Labute approximate surface area is 156 Å². The Hall–Kier alpha value is -3.74. The number of carbonyl (C=O) groups excluding carboxylic acids is 2. The molecular weight excluding hydrogens is 344 g/mol. The Morgan fingerprint density at radius 1 is 1.00 bits per heavy atom. The Morgan fingerprint density at radius 2 is 1.78 bits per heavy atom. The van der Waals surface area contributed by atoms with E-state index in [1.807, 2.05) is 42.3 Å². The number of anilines is 3. The molecule has 0 unspecified atom stereocenters. The van der Waals surface area contributed by atoms with Crippen LogP contribution in [-0.4, -0.2) is 36.0 Å². The van der Waals surface area contributed by atoms with E-state index in [-0.39, 0.29) is 5.69 Å². The summed E-state index contributed by atoms with van der Waals surface area (Å²) in [6, 6.07) is 16.2. The lowest BCUT2D eigenvalue weighted by atomic mass is 10.2. The molecule has 0 atom stereocenters. The fourth-order valence-electron chi connectivity index (χ4n) is 2.43. The van der Waals surface area contributed by atoms with Gasteiger partial charge in [-0.05, 0) is 30.3 Å². The number of carbonyl (C=O) groups is 2. The van der Waals surface area contributed by atoms with Crippen molar-refractivity contribution in [3.8, 4) is 0 Å². The van der Waals surface area contributed by atoms with Crippen LogP contribution in [0.15, 0.2) is 67.0 Å². The molecule has 0 spiro atoms. The normalized spacial score (nSPS) is 10.1. The number of esters is 1. The van der Waals surface area contributed by atoms with Crippen molar-refractivity contribution in [2.24, 2.45) is 0 Å². The number of ether oxygens (including phenoxy) is 1. The second-order valence-electron chi connectivity index (χ2n) is 5.68. The van der Waals surface area contributed by atoms with Crippen molar-refractivity contribution in [3.63, 3.8) is 0 Å². The summed E-state index contributed by atoms with van der Waals surface area (Å²) in [5.74, 6) is -0.275. The molecule has 0 aliphatic rings. The van der Waals surface area contributed by atoms with Gasteiger partial charge in [-0.15, -0.1) is 0 Å². The van der Waals surface area contributed by atoms with Crippen LogP contribution in [0.25, 0.3) is 0 Å². The number of aromatic nitrogens is 2. The molecule has 2 aromatic carbocycles. The minimum Gasteiger partial charge on any atom is -0.465 e. The lowest BCUT2D eigenvalue weighted by Crippen LogP contribution is -2.16. The molecule has 7 nitrogen and oxygen atoms in total. The van der Waals surface area contributed by atoms with Gasteiger partial charge in [0.15, 0.2) is 5.82 Å². The van der Waals surface area contributed by atoms with E-state index in [9.17, 15) is 9.59 Å². The highest BCUT2D eigenvalue weighted by atomic mass is 16.5. The molecule has 1 heterocycles. The molecule has 1 aromatic heterocycles. The van der Waals surface area contributed by atoms with E-state index in [0.29, 0.717) is 17.1 Å². The van der Waals surface area contributed by atoms with Gasteiger partial charge < -0.3 is 15.0 Å². The van der Waals surface area contributed by atoms with E-state index in [4.69, 9.17) is 0 Å². The molecule has 0 bridgehead atoms. The van der Waals surface area contributed by atoms with Crippen LogP contribution in [0.5, 0.6) is 0 Å². The predicted molar refractivity (Wildman–Crippen MR) is 102 cm³/mol. The summed E-state index contributed by atoms with van der Waals surface area (Å²) in [6.45, 7) is 0. The number of benzene rings is 2. The van der Waals surface area contributed by atoms with Crippen molar-refractivity contribution in [1.29, 1.82) is 0 Å². The third kappa shape index (κ3) is 4.27. The standard InChI is InChI=1S/C20H18N4O3/c1-24(16-9-4-3-5-10-16)18-13-21-17(12-22-18)19(25)23-15-8-6-7-14(11-15)20(26)27-2/h3-13H,1-2H3,(H,23,25). The molecular formula is C20H18N4O3. The monoisotopic (exact) mass is 362 g/mol. The summed E-state index contributed by atoms with van der Waals surface area (Å²) in [6.07, 6.45) is 2.95. The summed E-state index contributed by atoms with van der Waals surface area (Å²) < 4.78 is 4.67. The highest BCUT2D eigenvalue weighted by Crippen LogP contribution is 2.20. The fraction of sp³-hybridized carbons (Fsp3) is 0.100. The summed E-state index contributed by atoms with van der Waals surface area (Å²) in [5, 5.41) is 2.70.